The number of aromatic nitrogens is 1. The lowest BCUT2D eigenvalue weighted by Gasteiger charge is -2.47. The summed E-state index contributed by atoms with van der Waals surface area (Å²) in [5.41, 5.74) is 3.64. The minimum absolute atomic E-state index is 0.0141. The van der Waals surface area contributed by atoms with Gasteiger partial charge in [-0.15, -0.1) is 0 Å². The van der Waals surface area contributed by atoms with Crippen molar-refractivity contribution >= 4 is 11.7 Å². The first-order valence-corrected chi connectivity index (χ1v) is 13.7. The van der Waals surface area contributed by atoms with Crippen molar-refractivity contribution in [3.8, 4) is 17.2 Å². The summed E-state index contributed by atoms with van der Waals surface area (Å²) in [6.07, 6.45) is 5.51. The van der Waals surface area contributed by atoms with Crippen LogP contribution in [0.2, 0.25) is 0 Å². The van der Waals surface area contributed by atoms with E-state index in [9.17, 15) is 10.1 Å². The summed E-state index contributed by atoms with van der Waals surface area (Å²) >= 11 is 0. The van der Waals surface area contributed by atoms with Gasteiger partial charge in [-0.1, -0.05) is 24.8 Å². The number of halogens is 1. The molecule has 1 aromatic heterocycles. The lowest BCUT2D eigenvalue weighted by molar-refractivity contribution is -0.136. The average molecular weight is 515 g/mol. The van der Waals surface area contributed by atoms with Crippen LogP contribution >= 0.6 is 0 Å². The fourth-order valence-corrected chi connectivity index (χ4v) is 7.00. The van der Waals surface area contributed by atoms with Gasteiger partial charge in [-0.05, 0) is 57.0 Å². The van der Waals surface area contributed by atoms with Gasteiger partial charge in [-0.2, -0.15) is 5.26 Å². The van der Waals surface area contributed by atoms with Gasteiger partial charge in [0.15, 0.2) is 0 Å². The van der Waals surface area contributed by atoms with Crippen molar-refractivity contribution < 1.29 is 9.18 Å². The Balaban J connectivity index is 1.36. The summed E-state index contributed by atoms with van der Waals surface area (Å²) in [6.45, 7) is 10.2. The molecule has 1 atom stereocenters. The van der Waals surface area contributed by atoms with Crippen LogP contribution in [0.1, 0.15) is 36.1 Å². The largest absolute Gasteiger partial charge is 0.355 e. The van der Waals surface area contributed by atoms with Crippen LogP contribution < -0.4 is 4.90 Å². The van der Waals surface area contributed by atoms with Crippen LogP contribution in [0.4, 0.5) is 10.2 Å². The average Bonchev–Trinajstić information content (AvgIpc) is 3.53. The number of rotatable bonds is 5. The summed E-state index contributed by atoms with van der Waals surface area (Å²) < 4.78 is 15.2. The molecule has 0 saturated carbocycles. The van der Waals surface area contributed by atoms with Gasteiger partial charge in [0, 0.05) is 68.4 Å². The molecular formula is C30H35FN6O. The molecule has 198 valence electrons. The Morgan fingerprint density at radius 1 is 1.26 bits per heavy atom. The molecule has 1 amide bonds. The second-order valence-electron chi connectivity index (χ2n) is 11.5. The lowest BCUT2D eigenvalue weighted by atomic mass is 9.79. The Kier molecular flexibility index (Phi) is 6.45. The molecule has 0 radical (unpaired) electrons. The van der Waals surface area contributed by atoms with E-state index in [2.05, 4.69) is 34.4 Å². The molecular weight excluding hydrogens is 479 g/mol. The third-order valence-corrected chi connectivity index (χ3v) is 9.09. The lowest BCUT2D eigenvalue weighted by Crippen LogP contribution is -2.59. The minimum atomic E-state index is -0.311. The highest BCUT2D eigenvalue weighted by atomic mass is 19.1. The van der Waals surface area contributed by atoms with E-state index in [1.807, 2.05) is 11.0 Å². The fourth-order valence-electron chi connectivity index (χ4n) is 7.00. The predicted octanol–water partition coefficient (Wildman–Crippen LogP) is 3.44. The normalized spacial score (nSPS) is 22.8. The Bertz CT molecular complexity index is 1310. The minimum Gasteiger partial charge on any atom is -0.355 e. The number of likely N-dealkylation sites (tertiary alicyclic amines) is 2. The monoisotopic (exact) mass is 514 g/mol. The van der Waals surface area contributed by atoms with E-state index in [1.54, 1.807) is 12.1 Å². The van der Waals surface area contributed by atoms with Crippen molar-refractivity contribution in [2.75, 3.05) is 57.8 Å². The second kappa shape index (κ2) is 9.79. The number of carbonyl (C=O) groups excluding carboxylic acids is 1. The Morgan fingerprint density at radius 2 is 2.08 bits per heavy atom. The Labute approximate surface area is 224 Å². The molecule has 2 aromatic rings. The van der Waals surface area contributed by atoms with E-state index < -0.39 is 0 Å². The van der Waals surface area contributed by atoms with E-state index in [0.29, 0.717) is 48.2 Å². The van der Waals surface area contributed by atoms with Gasteiger partial charge in [0.1, 0.15) is 23.3 Å². The third kappa shape index (κ3) is 4.28. The number of nitrogens with zero attached hydrogens (tertiary/aromatic N) is 6. The summed E-state index contributed by atoms with van der Waals surface area (Å²) in [5.74, 6) is 0.317. The van der Waals surface area contributed by atoms with Crippen molar-refractivity contribution in [1.29, 1.82) is 5.26 Å². The van der Waals surface area contributed by atoms with Crippen molar-refractivity contribution in [2.24, 2.45) is 5.41 Å². The maximum atomic E-state index is 15.2. The number of amides is 1. The van der Waals surface area contributed by atoms with Crippen LogP contribution in [0.15, 0.2) is 36.9 Å². The first-order chi connectivity index (χ1) is 18.4. The molecule has 3 fully saturated rings. The summed E-state index contributed by atoms with van der Waals surface area (Å²) in [4.78, 5) is 26.1. The van der Waals surface area contributed by atoms with Crippen molar-refractivity contribution in [2.45, 2.75) is 38.3 Å². The van der Waals surface area contributed by atoms with E-state index >= 15 is 4.39 Å². The van der Waals surface area contributed by atoms with Gasteiger partial charge >= 0.3 is 0 Å². The quantitative estimate of drug-likeness (QED) is 0.570. The molecule has 1 spiro atoms. The number of hydrogen-bond donors (Lipinski definition) is 0. The molecule has 1 aromatic carbocycles. The first kappa shape index (κ1) is 25.0. The second-order valence-corrected chi connectivity index (χ2v) is 11.5. The van der Waals surface area contributed by atoms with Crippen LogP contribution in [0, 0.1) is 22.6 Å². The van der Waals surface area contributed by atoms with Crippen molar-refractivity contribution in [1.82, 2.24) is 19.7 Å². The molecule has 0 N–H and O–H groups in total. The van der Waals surface area contributed by atoms with Gasteiger partial charge in [0.2, 0.25) is 5.91 Å². The Morgan fingerprint density at radius 3 is 2.79 bits per heavy atom. The number of carbonyl (C=O) groups is 1. The van der Waals surface area contributed by atoms with Crippen molar-refractivity contribution in [3.63, 3.8) is 0 Å². The molecule has 4 aliphatic rings. The maximum absolute atomic E-state index is 15.2. The number of nitriles is 1. The molecule has 7 nitrogen and oxygen atoms in total. The van der Waals surface area contributed by atoms with E-state index in [1.165, 1.54) is 25.0 Å². The topological polar surface area (TPSA) is 66.7 Å². The number of hydrogen-bond acceptors (Lipinski definition) is 6. The molecule has 8 heteroatoms. The highest BCUT2D eigenvalue weighted by Crippen LogP contribution is 2.44. The molecule has 0 unspecified atom stereocenters. The summed E-state index contributed by atoms with van der Waals surface area (Å²) in [7, 11) is 2.20. The van der Waals surface area contributed by atoms with Crippen LogP contribution in [-0.4, -0.2) is 84.5 Å². The molecule has 5 heterocycles. The van der Waals surface area contributed by atoms with Crippen LogP contribution in [-0.2, 0) is 17.8 Å². The molecule has 6 rings (SSSR count). The van der Waals surface area contributed by atoms with E-state index in [-0.39, 0.29) is 17.1 Å². The third-order valence-electron chi connectivity index (χ3n) is 9.09. The number of likely N-dealkylation sites (N-methyl/N-ethyl adjacent to an activating group) is 1. The van der Waals surface area contributed by atoms with Crippen molar-refractivity contribution in [3.05, 3.63) is 59.6 Å². The number of benzene rings is 1. The van der Waals surface area contributed by atoms with Gasteiger partial charge in [-0.3, -0.25) is 9.69 Å². The van der Waals surface area contributed by atoms with Crippen LogP contribution in [0.3, 0.4) is 0 Å². The summed E-state index contributed by atoms with van der Waals surface area (Å²) in [6, 6.07) is 9.76. The van der Waals surface area contributed by atoms with E-state index in [4.69, 9.17) is 4.98 Å². The zero-order valence-electron chi connectivity index (χ0n) is 22.1. The molecule has 0 aliphatic carbocycles. The van der Waals surface area contributed by atoms with Crippen LogP contribution in [0.5, 0.6) is 0 Å². The molecule has 3 saturated heterocycles. The molecule has 4 aliphatic heterocycles. The Hall–Kier alpha value is -3.28. The molecule has 0 bridgehead atoms. The standard InChI is InChI=1S/C30H35FN6O/c1-3-27(38)37-19-30(20-37)11-14-36(18-30)29-24(15-32)28(22-8-4-5-9-25(22)31)23-10-13-35(17-26(23)33-29)16-21-7-6-12-34(21)2/h3-5,8-9,21H,1,6-7,10-14,16-20H2,2H3/t21-/m1/s1. The predicted molar refractivity (Wildman–Crippen MR) is 145 cm³/mol. The highest BCUT2D eigenvalue weighted by Gasteiger charge is 2.49. The first-order valence-electron chi connectivity index (χ1n) is 13.7. The smallest absolute Gasteiger partial charge is 0.245 e. The zero-order valence-corrected chi connectivity index (χ0v) is 22.1. The highest BCUT2D eigenvalue weighted by molar-refractivity contribution is 5.88. The number of fused-ring (bicyclic) bond motifs is 1. The van der Waals surface area contributed by atoms with Gasteiger partial charge in [0.05, 0.1) is 5.69 Å². The number of anilines is 1. The van der Waals surface area contributed by atoms with Gasteiger partial charge < -0.3 is 14.7 Å². The number of pyridine rings is 1. The molecule has 38 heavy (non-hydrogen) atoms. The fraction of sp³-hybridized carbons (Fsp3) is 0.500. The van der Waals surface area contributed by atoms with Crippen LogP contribution in [0.25, 0.3) is 11.1 Å². The van der Waals surface area contributed by atoms with E-state index in [0.717, 1.165) is 56.8 Å². The maximum Gasteiger partial charge on any atom is 0.245 e. The summed E-state index contributed by atoms with van der Waals surface area (Å²) in [5, 5.41) is 10.4. The van der Waals surface area contributed by atoms with Gasteiger partial charge in [-0.25, -0.2) is 9.37 Å². The zero-order chi connectivity index (χ0) is 26.4. The van der Waals surface area contributed by atoms with Gasteiger partial charge in [0.25, 0.3) is 0 Å². The SMILES string of the molecule is C=CC(=O)N1CC2(CCN(c3nc4c(c(-c5ccccc5F)c3C#N)CCN(C[C@H]3CCCN3C)C4)C2)C1.